The lowest BCUT2D eigenvalue weighted by Crippen LogP contribution is -2.01. The number of carboxylic acids is 1. The Balaban J connectivity index is 3.22. The van der Waals surface area contributed by atoms with E-state index in [2.05, 4.69) is 4.98 Å². The summed E-state index contributed by atoms with van der Waals surface area (Å²) < 4.78 is 0. The lowest BCUT2D eigenvalue weighted by Gasteiger charge is -1.94. The van der Waals surface area contributed by atoms with Crippen LogP contribution < -0.4 is 0 Å². The number of nitrogens with zero attached hydrogens (tertiary/aromatic N) is 1. The quantitative estimate of drug-likeness (QED) is 0.628. The first-order valence-corrected chi connectivity index (χ1v) is 2.88. The highest BCUT2D eigenvalue weighted by Gasteiger charge is 2.07. The van der Waals surface area contributed by atoms with E-state index in [-0.39, 0.29) is 11.1 Å². The molecule has 1 aromatic rings. The minimum atomic E-state index is -1.12. The van der Waals surface area contributed by atoms with Gasteiger partial charge in [0.15, 0.2) is 6.29 Å². The molecule has 0 saturated carbocycles. The number of hydrogen-bond donors (Lipinski definition) is 1. The number of rotatable bonds is 2. The number of carboxylic acid groups (broad SMARTS) is 1. The van der Waals surface area contributed by atoms with Crippen LogP contribution in [0.2, 0.25) is 0 Å². The number of aromatic carboxylic acids is 1. The Bertz CT molecular complexity index is 295. The minimum absolute atomic E-state index is 0.0185. The monoisotopic (exact) mass is 151 g/mol. The summed E-state index contributed by atoms with van der Waals surface area (Å²) in [5.74, 6) is -1.12. The second-order valence-electron chi connectivity index (χ2n) is 1.89. The fraction of sp³-hybridized carbons (Fsp3) is 0. The van der Waals surface area contributed by atoms with E-state index < -0.39 is 5.97 Å². The van der Waals surface area contributed by atoms with E-state index in [1.165, 1.54) is 18.5 Å². The van der Waals surface area contributed by atoms with Crippen LogP contribution in [0.15, 0.2) is 18.5 Å². The molecule has 4 heteroatoms. The summed E-state index contributed by atoms with van der Waals surface area (Å²) in [6, 6.07) is 1.28. The molecule has 1 rings (SSSR count). The Hall–Kier alpha value is -1.71. The van der Waals surface area contributed by atoms with Crippen molar-refractivity contribution in [3.05, 3.63) is 29.6 Å². The summed E-state index contributed by atoms with van der Waals surface area (Å²) >= 11 is 0. The normalized spacial score (nSPS) is 9.09. The van der Waals surface area contributed by atoms with Crippen LogP contribution in [0, 0.1) is 0 Å². The number of carbonyl (C=O) groups excluding carboxylic acids is 1. The van der Waals surface area contributed by atoms with Gasteiger partial charge in [0, 0.05) is 18.0 Å². The summed E-state index contributed by atoms with van der Waals surface area (Å²) in [6.07, 6.45) is 3.02. The maximum atomic E-state index is 10.4. The smallest absolute Gasteiger partial charge is 0.336 e. The van der Waals surface area contributed by atoms with Crippen molar-refractivity contribution in [3.8, 4) is 0 Å². The predicted octanol–water partition coefficient (Wildman–Crippen LogP) is 0.592. The van der Waals surface area contributed by atoms with E-state index >= 15 is 0 Å². The zero-order chi connectivity index (χ0) is 8.27. The van der Waals surface area contributed by atoms with Gasteiger partial charge in [-0.3, -0.25) is 9.78 Å². The molecule has 0 radical (unpaired) electrons. The highest BCUT2D eigenvalue weighted by molar-refractivity contribution is 5.96. The summed E-state index contributed by atoms with van der Waals surface area (Å²) in [7, 11) is 0. The summed E-state index contributed by atoms with van der Waals surface area (Å²) in [6.45, 7) is 0. The third-order valence-electron chi connectivity index (χ3n) is 1.21. The Labute approximate surface area is 62.5 Å². The zero-order valence-electron chi connectivity index (χ0n) is 5.52. The molecular weight excluding hydrogens is 146 g/mol. The van der Waals surface area contributed by atoms with E-state index in [4.69, 9.17) is 5.11 Å². The minimum Gasteiger partial charge on any atom is -0.478 e. The Kier molecular flexibility index (Phi) is 1.96. The first-order chi connectivity index (χ1) is 5.25. The third kappa shape index (κ3) is 1.40. The molecule has 0 spiro atoms. The van der Waals surface area contributed by atoms with E-state index in [1.807, 2.05) is 0 Å². The molecule has 4 nitrogen and oxygen atoms in total. The third-order valence-corrected chi connectivity index (χ3v) is 1.21. The van der Waals surface area contributed by atoms with Crippen LogP contribution in [-0.4, -0.2) is 22.3 Å². The van der Waals surface area contributed by atoms with Crippen molar-refractivity contribution in [1.82, 2.24) is 4.98 Å². The van der Waals surface area contributed by atoms with Gasteiger partial charge >= 0.3 is 5.97 Å². The molecule has 1 aromatic heterocycles. The molecule has 0 amide bonds. The van der Waals surface area contributed by atoms with Gasteiger partial charge in [0.05, 0.1) is 5.56 Å². The molecular formula is C7H5NO3. The van der Waals surface area contributed by atoms with Crippen molar-refractivity contribution in [2.45, 2.75) is 0 Å². The largest absolute Gasteiger partial charge is 0.478 e. The van der Waals surface area contributed by atoms with Gasteiger partial charge in [-0.05, 0) is 6.07 Å². The van der Waals surface area contributed by atoms with Gasteiger partial charge in [0.2, 0.25) is 0 Å². The second kappa shape index (κ2) is 2.92. The number of hydrogen-bond acceptors (Lipinski definition) is 3. The number of pyridine rings is 1. The number of aromatic nitrogens is 1. The zero-order valence-corrected chi connectivity index (χ0v) is 5.52. The molecule has 11 heavy (non-hydrogen) atoms. The van der Waals surface area contributed by atoms with Crippen molar-refractivity contribution < 1.29 is 14.7 Å². The Morgan fingerprint density at radius 3 is 2.82 bits per heavy atom. The van der Waals surface area contributed by atoms with Crippen LogP contribution >= 0.6 is 0 Å². The van der Waals surface area contributed by atoms with Crippen LogP contribution in [0.3, 0.4) is 0 Å². The van der Waals surface area contributed by atoms with E-state index in [9.17, 15) is 9.59 Å². The molecule has 0 aliphatic heterocycles. The molecule has 0 fully saturated rings. The molecule has 0 bridgehead atoms. The average Bonchev–Trinajstić information content (AvgIpc) is 2.04. The molecule has 0 unspecified atom stereocenters. The van der Waals surface area contributed by atoms with E-state index in [0.717, 1.165) is 0 Å². The molecule has 0 aliphatic carbocycles. The van der Waals surface area contributed by atoms with Crippen molar-refractivity contribution >= 4 is 12.3 Å². The predicted molar refractivity (Wildman–Crippen MR) is 36.6 cm³/mol. The van der Waals surface area contributed by atoms with Gasteiger partial charge in [-0.1, -0.05) is 0 Å². The highest BCUT2D eigenvalue weighted by atomic mass is 16.4. The molecule has 0 aromatic carbocycles. The fourth-order valence-corrected chi connectivity index (χ4v) is 0.695. The topological polar surface area (TPSA) is 67.3 Å². The molecule has 56 valence electrons. The van der Waals surface area contributed by atoms with Crippen LogP contribution in [0.4, 0.5) is 0 Å². The van der Waals surface area contributed by atoms with Crippen molar-refractivity contribution in [2.24, 2.45) is 0 Å². The standard InChI is InChI=1S/C7H5NO3/c9-4-5-3-8-2-1-6(5)7(10)11/h1-4H,(H,10,11). The molecule has 1 heterocycles. The van der Waals surface area contributed by atoms with Crippen molar-refractivity contribution in [2.75, 3.05) is 0 Å². The SMILES string of the molecule is O=Cc1cnccc1C(=O)O. The first kappa shape index (κ1) is 7.40. The van der Waals surface area contributed by atoms with E-state index in [1.54, 1.807) is 0 Å². The summed E-state index contributed by atoms with van der Waals surface area (Å²) in [4.78, 5) is 24.2. The highest BCUT2D eigenvalue weighted by Crippen LogP contribution is 2.02. The van der Waals surface area contributed by atoms with Crippen LogP contribution in [0.25, 0.3) is 0 Å². The summed E-state index contributed by atoms with van der Waals surface area (Å²) in [5.41, 5.74) is 0.0787. The lowest BCUT2D eigenvalue weighted by atomic mass is 10.2. The van der Waals surface area contributed by atoms with Crippen LogP contribution in [0.1, 0.15) is 20.7 Å². The average molecular weight is 151 g/mol. The maximum Gasteiger partial charge on any atom is 0.336 e. The first-order valence-electron chi connectivity index (χ1n) is 2.88. The van der Waals surface area contributed by atoms with Crippen LogP contribution in [0.5, 0.6) is 0 Å². The van der Waals surface area contributed by atoms with Gasteiger partial charge in [-0.2, -0.15) is 0 Å². The fourth-order valence-electron chi connectivity index (χ4n) is 0.695. The van der Waals surface area contributed by atoms with Gasteiger partial charge in [-0.15, -0.1) is 0 Å². The van der Waals surface area contributed by atoms with Gasteiger partial charge in [0.25, 0.3) is 0 Å². The van der Waals surface area contributed by atoms with Gasteiger partial charge < -0.3 is 5.11 Å². The van der Waals surface area contributed by atoms with Crippen molar-refractivity contribution in [1.29, 1.82) is 0 Å². The Morgan fingerprint density at radius 1 is 1.64 bits per heavy atom. The molecule has 1 N–H and O–H groups in total. The Morgan fingerprint density at radius 2 is 2.36 bits per heavy atom. The molecule has 0 atom stereocenters. The molecule has 0 saturated heterocycles. The van der Waals surface area contributed by atoms with Crippen LogP contribution in [-0.2, 0) is 0 Å². The lowest BCUT2D eigenvalue weighted by molar-refractivity contribution is 0.0694. The number of aldehydes is 1. The maximum absolute atomic E-state index is 10.4. The number of carbonyl (C=O) groups is 2. The summed E-state index contributed by atoms with van der Waals surface area (Å²) in [5, 5.41) is 8.51. The van der Waals surface area contributed by atoms with Gasteiger partial charge in [-0.25, -0.2) is 4.79 Å². The van der Waals surface area contributed by atoms with Crippen molar-refractivity contribution in [3.63, 3.8) is 0 Å². The van der Waals surface area contributed by atoms with Gasteiger partial charge in [0.1, 0.15) is 0 Å². The molecule has 0 aliphatic rings. The van der Waals surface area contributed by atoms with E-state index in [0.29, 0.717) is 6.29 Å². The second-order valence-corrected chi connectivity index (χ2v) is 1.89.